The molecule has 2 heterocycles. The fourth-order valence-corrected chi connectivity index (χ4v) is 4.68. The van der Waals surface area contributed by atoms with Crippen LogP contribution in [0.3, 0.4) is 0 Å². The fraction of sp³-hybridized carbons (Fsp3) is 0.786. The summed E-state index contributed by atoms with van der Waals surface area (Å²) in [5, 5.41) is 8.32. The summed E-state index contributed by atoms with van der Waals surface area (Å²) in [4.78, 5) is 24.2. The van der Waals surface area contributed by atoms with Gasteiger partial charge in [0.15, 0.2) is 9.84 Å². The third-order valence-electron chi connectivity index (χ3n) is 4.56. The van der Waals surface area contributed by atoms with Gasteiger partial charge >= 0.3 is 0 Å². The number of nitrogens with one attached hydrogen (secondary N) is 1. The van der Waals surface area contributed by atoms with Crippen molar-refractivity contribution in [2.45, 2.75) is 51.1 Å². The highest BCUT2D eigenvalue weighted by Crippen LogP contribution is 2.32. The van der Waals surface area contributed by atoms with Gasteiger partial charge in [0.25, 0.3) is 5.91 Å². The van der Waals surface area contributed by atoms with E-state index in [9.17, 15) is 18.0 Å². The van der Waals surface area contributed by atoms with Crippen molar-refractivity contribution in [2.24, 2.45) is 11.0 Å². The summed E-state index contributed by atoms with van der Waals surface area (Å²) in [6, 6.07) is -0.311. The van der Waals surface area contributed by atoms with Crippen LogP contribution >= 0.6 is 0 Å². The second-order valence-electron chi connectivity index (χ2n) is 6.44. The molecule has 0 aromatic carbocycles. The molecule has 0 radical (unpaired) electrons. The molecule has 3 rings (SSSR count). The van der Waals surface area contributed by atoms with Crippen molar-refractivity contribution in [2.75, 3.05) is 11.5 Å². The van der Waals surface area contributed by atoms with E-state index in [1.165, 1.54) is 5.01 Å². The average molecular weight is 327 g/mol. The lowest BCUT2D eigenvalue weighted by molar-refractivity contribution is -0.133. The number of carbonyl (C=O) groups excluding carboxylic acids is 2. The Morgan fingerprint density at radius 2 is 2.05 bits per heavy atom. The number of sulfone groups is 1. The number of carbonyl (C=O) groups is 2. The zero-order chi connectivity index (χ0) is 15.9. The van der Waals surface area contributed by atoms with Crippen LogP contribution in [0.15, 0.2) is 5.10 Å². The first-order valence-corrected chi connectivity index (χ1v) is 9.59. The van der Waals surface area contributed by atoms with Gasteiger partial charge in [-0.2, -0.15) is 5.10 Å². The predicted molar refractivity (Wildman–Crippen MR) is 80.9 cm³/mol. The van der Waals surface area contributed by atoms with Crippen molar-refractivity contribution in [3.8, 4) is 0 Å². The molecule has 22 heavy (non-hydrogen) atoms. The van der Waals surface area contributed by atoms with Gasteiger partial charge in [-0.3, -0.25) is 9.59 Å². The molecule has 2 aliphatic heterocycles. The molecule has 0 aromatic heterocycles. The molecule has 122 valence electrons. The molecule has 7 nitrogen and oxygen atoms in total. The lowest BCUT2D eigenvalue weighted by atomic mass is 10.1. The van der Waals surface area contributed by atoms with Crippen LogP contribution in [-0.2, 0) is 19.4 Å². The predicted octanol–water partition coefficient (Wildman–Crippen LogP) is 0.0666. The van der Waals surface area contributed by atoms with Crippen molar-refractivity contribution in [1.82, 2.24) is 10.3 Å². The number of nitrogens with zero attached hydrogens (tertiary/aromatic N) is 2. The largest absolute Gasteiger partial charge is 0.348 e. The van der Waals surface area contributed by atoms with Crippen LogP contribution < -0.4 is 5.32 Å². The summed E-state index contributed by atoms with van der Waals surface area (Å²) in [5.74, 6) is 0.129. The van der Waals surface area contributed by atoms with E-state index in [0.29, 0.717) is 24.5 Å². The minimum Gasteiger partial charge on any atom is -0.348 e. The van der Waals surface area contributed by atoms with Gasteiger partial charge in [-0.1, -0.05) is 0 Å². The zero-order valence-corrected chi connectivity index (χ0v) is 13.4. The van der Waals surface area contributed by atoms with Gasteiger partial charge < -0.3 is 5.32 Å². The van der Waals surface area contributed by atoms with Gasteiger partial charge in [0.1, 0.15) is 5.71 Å². The van der Waals surface area contributed by atoms with Crippen LogP contribution in [-0.4, -0.2) is 54.5 Å². The highest BCUT2D eigenvalue weighted by Gasteiger charge is 2.37. The van der Waals surface area contributed by atoms with Crippen LogP contribution in [0.2, 0.25) is 0 Å². The van der Waals surface area contributed by atoms with Crippen molar-refractivity contribution in [3.63, 3.8) is 0 Å². The Balaban J connectivity index is 1.70. The van der Waals surface area contributed by atoms with Crippen LogP contribution in [0.5, 0.6) is 0 Å². The Morgan fingerprint density at radius 1 is 1.32 bits per heavy atom. The molecular formula is C14H21N3O4S. The first kappa shape index (κ1) is 15.5. The normalized spacial score (nSPS) is 29.1. The van der Waals surface area contributed by atoms with Crippen LogP contribution in [0, 0.1) is 5.92 Å². The standard InChI is InChI=1S/C14H21N3O4S/c1-9(10-2-3-10)15-14(19)12-4-5-13(18)17(16-12)11-6-7-22(20,21)8-11/h9-11H,2-8H2,1H3,(H,15,19)/t9-,11-/m1/s1. The summed E-state index contributed by atoms with van der Waals surface area (Å²) >= 11 is 0. The molecule has 8 heteroatoms. The summed E-state index contributed by atoms with van der Waals surface area (Å²) in [5.41, 5.74) is 0.330. The van der Waals surface area contributed by atoms with E-state index in [-0.39, 0.29) is 35.8 Å². The van der Waals surface area contributed by atoms with Crippen molar-refractivity contribution in [1.29, 1.82) is 0 Å². The van der Waals surface area contributed by atoms with E-state index in [0.717, 1.165) is 12.8 Å². The highest BCUT2D eigenvalue weighted by molar-refractivity contribution is 7.91. The zero-order valence-electron chi connectivity index (χ0n) is 12.6. The van der Waals surface area contributed by atoms with E-state index in [4.69, 9.17) is 0 Å². The second-order valence-corrected chi connectivity index (χ2v) is 8.67. The van der Waals surface area contributed by atoms with Crippen LogP contribution in [0.4, 0.5) is 0 Å². The van der Waals surface area contributed by atoms with Gasteiger partial charge in [-0.25, -0.2) is 13.4 Å². The Hall–Kier alpha value is -1.44. The molecule has 1 aliphatic carbocycles. The minimum atomic E-state index is -3.09. The SMILES string of the molecule is C[C@@H](NC(=O)C1=NN([C@@H]2CCS(=O)(=O)C2)C(=O)CC1)C1CC1. The molecule has 2 atom stereocenters. The lowest BCUT2D eigenvalue weighted by Crippen LogP contribution is -2.45. The molecule has 2 amide bonds. The minimum absolute atomic E-state index is 0.0599. The fourth-order valence-electron chi connectivity index (χ4n) is 2.99. The van der Waals surface area contributed by atoms with Gasteiger partial charge in [0.2, 0.25) is 5.91 Å². The first-order chi connectivity index (χ1) is 10.4. The topological polar surface area (TPSA) is 95.9 Å². The maximum atomic E-state index is 12.2. The Bertz CT molecular complexity index is 624. The van der Waals surface area contributed by atoms with E-state index < -0.39 is 15.9 Å². The smallest absolute Gasteiger partial charge is 0.267 e. The molecule has 0 bridgehead atoms. The maximum Gasteiger partial charge on any atom is 0.267 e. The monoisotopic (exact) mass is 327 g/mol. The molecule has 1 saturated heterocycles. The molecule has 0 unspecified atom stereocenters. The van der Waals surface area contributed by atoms with Crippen molar-refractivity contribution in [3.05, 3.63) is 0 Å². The Kier molecular flexibility index (Phi) is 3.96. The number of hydrazone groups is 1. The van der Waals surface area contributed by atoms with Crippen LogP contribution in [0.25, 0.3) is 0 Å². The molecule has 0 spiro atoms. The lowest BCUT2D eigenvalue weighted by Gasteiger charge is -2.28. The molecule has 2 fully saturated rings. The Morgan fingerprint density at radius 3 is 2.64 bits per heavy atom. The highest BCUT2D eigenvalue weighted by atomic mass is 32.2. The Labute approximate surface area is 130 Å². The molecule has 1 N–H and O–H groups in total. The van der Waals surface area contributed by atoms with Crippen molar-refractivity contribution < 1.29 is 18.0 Å². The number of hydrogen-bond acceptors (Lipinski definition) is 5. The number of amides is 2. The average Bonchev–Trinajstić information content (AvgIpc) is 3.23. The third-order valence-corrected chi connectivity index (χ3v) is 6.31. The van der Waals surface area contributed by atoms with Gasteiger partial charge in [-0.15, -0.1) is 0 Å². The van der Waals surface area contributed by atoms with E-state index in [2.05, 4.69) is 10.4 Å². The van der Waals surface area contributed by atoms with Gasteiger partial charge in [0, 0.05) is 18.9 Å². The quantitative estimate of drug-likeness (QED) is 0.790. The summed E-state index contributed by atoms with van der Waals surface area (Å²) < 4.78 is 23.1. The molecule has 0 aromatic rings. The second kappa shape index (κ2) is 5.64. The van der Waals surface area contributed by atoms with E-state index >= 15 is 0 Å². The maximum absolute atomic E-state index is 12.2. The number of hydrogen-bond donors (Lipinski definition) is 1. The number of rotatable bonds is 4. The van der Waals surface area contributed by atoms with Gasteiger partial charge in [-0.05, 0) is 32.1 Å². The molecular weight excluding hydrogens is 306 g/mol. The first-order valence-electron chi connectivity index (χ1n) is 7.76. The molecule has 1 saturated carbocycles. The summed E-state index contributed by atoms with van der Waals surface area (Å²) in [6.45, 7) is 1.98. The summed E-state index contributed by atoms with van der Waals surface area (Å²) in [7, 11) is -3.09. The van der Waals surface area contributed by atoms with Crippen molar-refractivity contribution >= 4 is 27.4 Å². The molecule has 3 aliphatic rings. The van der Waals surface area contributed by atoms with E-state index in [1.54, 1.807) is 0 Å². The van der Waals surface area contributed by atoms with Gasteiger partial charge in [0.05, 0.1) is 17.5 Å². The third kappa shape index (κ3) is 3.31. The van der Waals surface area contributed by atoms with Crippen LogP contribution in [0.1, 0.15) is 39.0 Å². The van der Waals surface area contributed by atoms with E-state index in [1.807, 2.05) is 6.92 Å². The summed E-state index contributed by atoms with van der Waals surface area (Å²) in [6.07, 6.45) is 3.19.